The van der Waals surface area contributed by atoms with Crippen LogP contribution in [0.5, 0.6) is 0 Å². The average molecular weight is 287 g/mol. The minimum absolute atomic E-state index is 0.0822. The molecule has 4 heteroatoms. The molecule has 0 aliphatic carbocycles. The molecule has 21 heavy (non-hydrogen) atoms. The number of carbonyl (C=O) groups is 1. The van der Waals surface area contributed by atoms with Crippen LogP contribution < -0.4 is 0 Å². The van der Waals surface area contributed by atoms with Crippen molar-refractivity contribution >= 4 is 6.03 Å². The Morgan fingerprint density at radius 1 is 1.19 bits per heavy atom. The van der Waals surface area contributed by atoms with Crippen molar-refractivity contribution in [1.29, 1.82) is 0 Å². The lowest BCUT2D eigenvalue weighted by atomic mass is 9.92. The quantitative estimate of drug-likeness (QED) is 0.853. The topological polar surface area (TPSA) is 26.8 Å². The van der Waals surface area contributed by atoms with Gasteiger partial charge in [-0.1, -0.05) is 30.3 Å². The summed E-state index contributed by atoms with van der Waals surface area (Å²) in [4.78, 5) is 19.1. The minimum atomic E-state index is -0.0822. The van der Waals surface area contributed by atoms with Crippen LogP contribution in [0.2, 0.25) is 0 Å². The Bertz CT molecular complexity index is 514. The van der Waals surface area contributed by atoms with Crippen LogP contribution in [-0.2, 0) is 6.54 Å². The summed E-state index contributed by atoms with van der Waals surface area (Å²) in [6, 6.07) is 11.1. The molecule has 2 saturated heterocycles. The van der Waals surface area contributed by atoms with Crippen molar-refractivity contribution < 1.29 is 4.79 Å². The van der Waals surface area contributed by atoms with Crippen LogP contribution in [0.4, 0.5) is 4.79 Å². The van der Waals surface area contributed by atoms with Gasteiger partial charge >= 0.3 is 6.03 Å². The number of hydrogen-bond donors (Lipinski definition) is 0. The summed E-state index contributed by atoms with van der Waals surface area (Å²) < 4.78 is 0. The van der Waals surface area contributed by atoms with E-state index in [1.54, 1.807) is 0 Å². The van der Waals surface area contributed by atoms with E-state index in [-0.39, 0.29) is 11.6 Å². The summed E-state index contributed by atoms with van der Waals surface area (Å²) in [5.41, 5.74) is 1.27. The molecule has 2 aliphatic heterocycles. The second-order valence-corrected chi connectivity index (χ2v) is 6.61. The van der Waals surface area contributed by atoms with Crippen LogP contribution in [0.15, 0.2) is 30.3 Å². The number of piperazine rings is 1. The van der Waals surface area contributed by atoms with Gasteiger partial charge < -0.3 is 9.80 Å². The number of hydrogen-bond acceptors (Lipinski definition) is 2. The van der Waals surface area contributed by atoms with Crippen LogP contribution in [0.25, 0.3) is 0 Å². The SMILES string of the molecule is CCN1C(=O)N2CCN(Cc3ccccc3)CC2C1(C)C. The van der Waals surface area contributed by atoms with Crippen molar-refractivity contribution in [3.05, 3.63) is 35.9 Å². The third-order valence-corrected chi connectivity index (χ3v) is 5.02. The normalized spacial score (nSPS) is 25.3. The van der Waals surface area contributed by atoms with Gasteiger partial charge in [0.25, 0.3) is 0 Å². The number of nitrogens with zero attached hydrogens (tertiary/aromatic N) is 3. The third kappa shape index (κ3) is 2.42. The molecule has 0 radical (unpaired) electrons. The van der Waals surface area contributed by atoms with Crippen LogP contribution in [0, 0.1) is 0 Å². The lowest BCUT2D eigenvalue weighted by Crippen LogP contribution is -2.56. The Kier molecular flexibility index (Phi) is 3.66. The zero-order chi connectivity index (χ0) is 15.0. The molecule has 2 amide bonds. The van der Waals surface area contributed by atoms with Gasteiger partial charge in [-0.05, 0) is 26.3 Å². The molecule has 0 saturated carbocycles. The Labute approximate surface area is 127 Å². The lowest BCUT2D eigenvalue weighted by molar-refractivity contribution is 0.0821. The summed E-state index contributed by atoms with van der Waals surface area (Å²) in [6.45, 7) is 11.0. The van der Waals surface area contributed by atoms with Crippen molar-refractivity contribution in [1.82, 2.24) is 14.7 Å². The molecule has 2 aliphatic rings. The first-order valence-electron chi connectivity index (χ1n) is 7.88. The van der Waals surface area contributed by atoms with Gasteiger partial charge in [-0.3, -0.25) is 4.90 Å². The van der Waals surface area contributed by atoms with Crippen LogP contribution in [0.1, 0.15) is 26.3 Å². The maximum absolute atomic E-state index is 12.5. The van der Waals surface area contributed by atoms with E-state index in [2.05, 4.69) is 60.9 Å². The van der Waals surface area contributed by atoms with E-state index in [9.17, 15) is 4.79 Å². The molecule has 0 aromatic heterocycles. The highest BCUT2D eigenvalue weighted by molar-refractivity contribution is 5.79. The zero-order valence-corrected chi connectivity index (χ0v) is 13.2. The summed E-state index contributed by atoms with van der Waals surface area (Å²) in [5.74, 6) is 0. The maximum Gasteiger partial charge on any atom is 0.320 e. The second kappa shape index (κ2) is 5.34. The highest BCUT2D eigenvalue weighted by atomic mass is 16.2. The first kappa shape index (κ1) is 14.4. The van der Waals surface area contributed by atoms with E-state index < -0.39 is 0 Å². The Morgan fingerprint density at radius 2 is 1.90 bits per heavy atom. The number of fused-ring (bicyclic) bond motifs is 1. The van der Waals surface area contributed by atoms with Gasteiger partial charge in [0.05, 0.1) is 11.6 Å². The van der Waals surface area contributed by atoms with E-state index in [1.807, 2.05) is 4.90 Å². The monoisotopic (exact) mass is 287 g/mol. The predicted molar refractivity (Wildman–Crippen MR) is 84.1 cm³/mol. The molecule has 0 bridgehead atoms. The van der Waals surface area contributed by atoms with Crippen molar-refractivity contribution in [2.45, 2.75) is 38.9 Å². The highest BCUT2D eigenvalue weighted by Crippen LogP contribution is 2.34. The smallest absolute Gasteiger partial charge is 0.318 e. The zero-order valence-electron chi connectivity index (χ0n) is 13.2. The highest BCUT2D eigenvalue weighted by Gasteiger charge is 2.52. The first-order valence-corrected chi connectivity index (χ1v) is 7.88. The van der Waals surface area contributed by atoms with Gasteiger partial charge in [-0.25, -0.2) is 4.79 Å². The molecule has 4 nitrogen and oxygen atoms in total. The van der Waals surface area contributed by atoms with Crippen molar-refractivity contribution in [3.8, 4) is 0 Å². The van der Waals surface area contributed by atoms with E-state index in [0.29, 0.717) is 6.04 Å². The Hall–Kier alpha value is -1.55. The van der Waals surface area contributed by atoms with E-state index in [4.69, 9.17) is 0 Å². The fourth-order valence-electron chi connectivity index (χ4n) is 3.78. The van der Waals surface area contributed by atoms with Gasteiger partial charge in [0.1, 0.15) is 0 Å². The standard InChI is InChI=1S/C17H25N3O/c1-4-20-16(21)19-11-10-18(13-15(19)17(20,2)3)12-14-8-6-5-7-9-14/h5-9,15H,4,10-13H2,1-3H3. The van der Waals surface area contributed by atoms with Crippen molar-refractivity contribution in [2.75, 3.05) is 26.2 Å². The maximum atomic E-state index is 12.5. The number of likely N-dealkylation sites (N-methyl/N-ethyl adjacent to an activating group) is 1. The molecule has 2 fully saturated rings. The van der Waals surface area contributed by atoms with Gasteiger partial charge in [-0.2, -0.15) is 0 Å². The van der Waals surface area contributed by atoms with Crippen LogP contribution in [-0.4, -0.2) is 58.5 Å². The van der Waals surface area contributed by atoms with Gasteiger partial charge in [0.2, 0.25) is 0 Å². The van der Waals surface area contributed by atoms with E-state index in [0.717, 1.165) is 32.7 Å². The lowest BCUT2D eigenvalue weighted by Gasteiger charge is -2.41. The average Bonchev–Trinajstić information content (AvgIpc) is 2.67. The van der Waals surface area contributed by atoms with Gasteiger partial charge in [0, 0.05) is 32.7 Å². The first-order chi connectivity index (χ1) is 10.0. The fourth-order valence-corrected chi connectivity index (χ4v) is 3.78. The number of urea groups is 1. The van der Waals surface area contributed by atoms with E-state index in [1.165, 1.54) is 5.56 Å². The summed E-state index contributed by atoms with van der Waals surface area (Å²) in [6.07, 6.45) is 0. The van der Waals surface area contributed by atoms with Crippen molar-refractivity contribution in [2.24, 2.45) is 0 Å². The van der Waals surface area contributed by atoms with Crippen LogP contribution in [0.3, 0.4) is 0 Å². The van der Waals surface area contributed by atoms with Gasteiger partial charge in [0.15, 0.2) is 0 Å². The molecule has 1 unspecified atom stereocenters. The summed E-state index contributed by atoms with van der Waals surface area (Å²) in [7, 11) is 0. The molecule has 0 N–H and O–H groups in total. The van der Waals surface area contributed by atoms with E-state index >= 15 is 0 Å². The van der Waals surface area contributed by atoms with Crippen molar-refractivity contribution in [3.63, 3.8) is 0 Å². The molecule has 2 heterocycles. The molecule has 0 spiro atoms. The third-order valence-electron chi connectivity index (χ3n) is 5.02. The number of amides is 2. The largest absolute Gasteiger partial charge is 0.320 e. The molecule has 114 valence electrons. The molecular weight excluding hydrogens is 262 g/mol. The Balaban J connectivity index is 1.74. The molecule has 3 rings (SSSR count). The predicted octanol–water partition coefficient (Wildman–Crippen LogP) is 2.41. The number of rotatable bonds is 3. The minimum Gasteiger partial charge on any atom is -0.318 e. The fraction of sp³-hybridized carbons (Fsp3) is 0.588. The Morgan fingerprint density at radius 3 is 2.57 bits per heavy atom. The number of benzene rings is 1. The second-order valence-electron chi connectivity index (χ2n) is 6.61. The molecule has 1 atom stereocenters. The summed E-state index contributed by atoms with van der Waals surface area (Å²) >= 11 is 0. The summed E-state index contributed by atoms with van der Waals surface area (Å²) in [5, 5.41) is 0. The number of carbonyl (C=O) groups excluding carboxylic acids is 1. The molecule has 1 aromatic rings. The molecule has 1 aromatic carbocycles. The van der Waals surface area contributed by atoms with Gasteiger partial charge in [-0.15, -0.1) is 0 Å². The van der Waals surface area contributed by atoms with Crippen LogP contribution >= 0.6 is 0 Å². The molecular formula is C17H25N3O.